The number of amides is 1. The van der Waals surface area contributed by atoms with Crippen LogP contribution in [-0.2, 0) is 6.61 Å². The van der Waals surface area contributed by atoms with Crippen molar-refractivity contribution in [2.75, 3.05) is 0 Å². The number of halogens is 3. The minimum atomic E-state index is -0.468. The Balaban J connectivity index is 1.45. The van der Waals surface area contributed by atoms with E-state index in [1.54, 1.807) is 42.5 Å². The summed E-state index contributed by atoms with van der Waals surface area (Å²) in [5.41, 5.74) is 4.20. The standard InChI is InChI=1S/C23H15BrFIN2O3/c24-17-9-16-10-21(31-22(16)19(26)11-17)23(29)28-27-12-14-5-2-4-8-20(14)30-13-15-6-1-3-7-18(15)25/h1-12H,13H2,(H,28,29)/b27-12-. The maximum Gasteiger partial charge on any atom is 0.307 e. The molecule has 31 heavy (non-hydrogen) atoms. The van der Waals surface area contributed by atoms with Crippen molar-refractivity contribution >= 4 is 61.6 Å². The third-order valence-corrected chi connectivity index (χ3v) is 5.65. The molecule has 0 saturated carbocycles. The molecule has 8 heteroatoms. The highest BCUT2D eigenvalue weighted by Gasteiger charge is 2.14. The summed E-state index contributed by atoms with van der Waals surface area (Å²) in [5.74, 6) is -0.114. The Bertz CT molecular complexity index is 1290. The van der Waals surface area contributed by atoms with Crippen LogP contribution in [0.4, 0.5) is 4.39 Å². The molecule has 0 aliphatic carbocycles. The summed E-state index contributed by atoms with van der Waals surface area (Å²) in [6.07, 6.45) is 1.47. The van der Waals surface area contributed by atoms with E-state index >= 15 is 0 Å². The lowest BCUT2D eigenvalue weighted by Crippen LogP contribution is -2.16. The van der Waals surface area contributed by atoms with Crippen LogP contribution < -0.4 is 10.2 Å². The van der Waals surface area contributed by atoms with Crippen LogP contribution >= 0.6 is 38.5 Å². The molecule has 1 heterocycles. The second-order valence-electron chi connectivity index (χ2n) is 6.53. The second kappa shape index (κ2) is 9.61. The van der Waals surface area contributed by atoms with Crippen LogP contribution in [0.5, 0.6) is 5.75 Å². The lowest BCUT2D eigenvalue weighted by atomic mass is 10.2. The van der Waals surface area contributed by atoms with Crippen LogP contribution in [-0.4, -0.2) is 12.1 Å². The Labute approximate surface area is 199 Å². The van der Waals surface area contributed by atoms with Gasteiger partial charge in [-0.3, -0.25) is 4.79 Å². The predicted molar refractivity (Wildman–Crippen MR) is 129 cm³/mol. The van der Waals surface area contributed by atoms with Crippen LogP contribution in [0.3, 0.4) is 0 Å². The first kappa shape index (κ1) is 21.5. The van der Waals surface area contributed by atoms with Gasteiger partial charge in [-0.25, -0.2) is 9.82 Å². The van der Waals surface area contributed by atoms with Gasteiger partial charge in [0.15, 0.2) is 5.76 Å². The van der Waals surface area contributed by atoms with Gasteiger partial charge in [0.1, 0.15) is 23.8 Å². The number of hydrogen-bond acceptors (Lipinski definition) is 4. The summed E-state index contributed by atoms with van der Waals surface area (Å²) >= 11 is 5.58. The Kier molecular flexibility index (Phi) is 6.67. The molecule has 5 nitrogen and oxygen atoms in total. The summed E-state index contributed by atoms with van der Waals surface area (Å²) < 4.78 is 27.0. The number of hydrogen-bond donors (Lipinski definition) is 1. The smallest absolute Gasteiger partial charge is 0.307 e. The van der Waals surface area contributed by atoms with Crippen molar-refractivity contribution in [3.63, 3.8) is 0 Å². The minimum Gasteiger partial charge on any atom is -0.488 e. The van der Waals surface area contributed by atoms with Crippen molar-refractivity contribution in [2.45, 2.75) is 6.61 Å². The molecule has 0 unspecified atom stereocenters. The fraction of sp³-hybridized carbons (Fsp3) is 0.0435. The van der Waals surface area contributed by atoms with E-state index < -0.39 is 5.91 Å². The van der Waals surface area contributed by atoms with Gasteiger partial charge in [0.2, 0.25) is 0 Å². The van der Waals surface area contributed by atoms with E-state index in [2.05, 4.69) is 49.0 Å². The molecule has 0 bridgehead atoms. The zero-order valence-electron chi connectivity index (χ0n) is 15.9. The largest absolute Gasteiger partial charge is 0.488 e. The number of para-hydroxylation sites is 1. The number of benzene rings is 3. The van der Waals surface area contributed by atoms with Gasteiger partial charge >= 0.3 is 5.91 Å². The molecular formula is C23H15BrFIN2O3. The third kappa shape index (κ3) is 5.13. The number of rotatable bonds is 6. The molecule has 156 valence electrons. The van der Waals surface area contributed by atoms with Gasteiger partial charge in [0.25, 0.3) is 0 Å². The summed E-state index contributed by atoms with van der Waals surface area (Å²) in [7, 11) is 0. The van der Waals surface area contributed by atoms with Gasteiger partial charge < -0.3 is 9.15 Å². The molecular weight excluding hydrogens is 578 g/mol. The third-order valence-electron chi connectivity index (χ3n) is 4.39. The van der Waals surface area contributed by atoms with Gasteiger partial charge in [-0.05, 0) is 59.0 Å². The van der Waals surface area contributed by atoms with Crippen molar-refractivity contribution in [3.05, 3.63) is 97.5 Å². The zero-order chi connectivity index (χ0) is 21.8. The molecule has 0 saturated heterocycles. The molecule has 4 aromatic rings. The maximum absolute atomic E-state index is 13.8. The lowest BCUT2D eigenvalue weighted by molar-refractivity contribution is 0.0929. The zero-order valence-corrected chi connectivity index (χ0v) is 19.7. The van der Waals surface area contributed by atoms with Gasteiger partial charge in [0.05, 0.1) is 9.78 Å². The van der Waals surface area contributed by atoms with Gasteiger partial charge in [-0.2, -0.15) is 5.10 Å². The Hall–Kier alpha value is -2.72. The van der Waals surface area contributed by atoms with Crippen molar-refractivity contribution < 1.29 is 18.3 Å². The highest BCUT2D eigenvalue weighted by molar-refractivity contribution is 14.1. The number of nitrogens with one attached hydrogen (secondary N) is 1. The highest BCUT2D eigenvalue weighted by atomic mass is 127. The fourth-order valence-electron chi connectivity index (χ4n) is 2.89. The first-order valence-corrected chi connectivity index (χ1v) is 11.1. The molecule has 4 rings (SSSR count). The normalized spacial score (nSPS) is 11.2. The monoisotopic (exact) mass is 592 g/mol. The van der Waals surface area contributed by atoms with Crippen LogP contribution in [0.2, 0.25) is 0 Å². The van der Waals surface area contributed by atoms with Crippen LogP contribution in [0, 0.1) is 9.39 Å². The quantitative estimate of drug-likeness (QED) is 0.163. The molecule has 0 radical (unpaired) electrons. The summed E-state index contributed by atoms with van der Waals surface area (Å²) in [5, 5.41) is 4.83. The SMILES string of the molecule is O=C(N/N=C\c1ccccc1OCc1ccccc1F)c1cc2cc(Br)cc(I)c2o1. The molecule has 1 aromatic heterocycles. The fourth-order valence-corrected chi connectivity index (χ4v) is 4.55. The lowest BCUT2D eigenvalue weighted by Gasteiger charge is -2.09. The van der Waals surface area contributed by atoms with E-state index in [9.17, 15) is 9.18 Å². The average molecular weight is 593 g/mol. The summed E-state index contributed by atoms with van der Waals surface area (Å²) in [6.45, 7) is 0.0804. The molecule has 3 aromatic carbocycles. The van der Waals surface area contributed by atoms with Crippen molar-refractivity contribution in [2.24, 2.45) is 5.10 Å². The van der Waals surface area contributed by atoms with E-state index in [-0.39, 0.29) is 18.2 Å². The number of ether oxygens (including phenoxy) is 1. The molecule has 1 N–H and O–H groups in total. The number of fused-ring (bicyclic) bond motifs is 1. The van der Waals surface area contributed by atoms with Crippen LogP contribution in [0.15, 0.2) is 80.7 Å². The maximum atomic E-state index is 13.8. The topological polar surface area (TPSA) is 63.8 Å². The molecule has 0 aliphatic rings. The van der Waals surface area contributed by atoms with Crippen molar-refractivity contribution in [1.29, 1.82) is 0 Å². The van der Waals surface area contributed by atoms with E-state index in [0.717, 1.165) is 13.4 Å². The average Bonchev–Trinajstić information content (AvgIpc) is 3.18. The van der Waals surface area contributed by atoms with Crippen molar-refractivity contribution in [1.82, 2.24) is 5.43 Å². The Morgan fingerprint density at radius 2 is 1.94 bits per heavy atom. The van der Waals surface area contributed by atoms with Gasteiger partial charge in [-0.15, -0.1) is 0 Å². The molecule has 0 spiro atoms. The molecule has 1 amide bonds. The number of carbonyl (C=O) groups is 1. The number of hydrazone groups is 1. The minimum absolute atomic E-state index is 0.0804. The van der Waals surface area contributed by atoms with E-state index in [4.69, 9.17) is 9.15 Å². The van der Waals surface area contributed by atoms with Crippen molar-refractivity contribution in [3.8, 4) is 5.75 Å². The first-order chi connectivity index (χ1) is 15.0. The molecule has 0 fully saturated rings. The summed E-state index contributed by atoms with van der Waals surface area (Å²) in [6, 6.07) is 19.0. The molecule has 0 atom stereocenters. The Morgan fingerprint density at radius 1 is 1.16 bits per heavy atom. The first-order valence-electron chi connectivity index (χ1n) is 9.18. The van der Waals surface area contributed by atoms with E-state index in [1.165, 1.54) is 12.3 Å². The van der Waals surface area contributed by atoms with Crippen LogP contribution in [0.1, 0.15) is 21.7 Å². The summed E-state index contributed by atoms with van der Waals surface area (Å²) in [4.78, 5) is 12.4. The van der Waals surface area contributed by atoms with Gasteiger partial charge in [-0.1, -0.05) is 46.3 Å². The highest BCUT2D eigenvalue weighted by Crippen LogP contribution is 2.28. The van der Waals surface area contributed by atoms with Gasteiger partial charge in [0, 0.05) is 21.0 Å². The predicted octanol–water partition coefficient (Wildman–Crippen LogP) is 6.28. The second-order valence-corrected chi connectivity index (χ2v) is 8.61. The van der Waals surface area contributed by atoms with E-state index in [0.29, 0.717) is 22.5 Å². The number of nitrogens with zero attached hydrogens (tertiary/aromatic N) is 1. The number of carbonyl (C=O) groups excluding carboxylic acids is 1. The number of furan rings is 1. The van der Waals surface area contributed by atoms with E-state index in [1.807, 2.05) is 18.2 Å². The van der Waals surface area contributed by atoms with Crippen LogP contribution in [0.25, 0.3) is 11.0 Å². The Morgan fingerprint density at radius 3 is 2.77 bits per heavy atom. The molecule has 0 aliphatic heterocycles.